The zero-order valence-corrected chi connectivity index (χ0v) is 26.5. The van der Waals surface area contributed by atoms with Gasteiger partial charge >= 0.3 is 0 Å². The molecule has 1 aromatic heterocycles. The molecule has 44 heavy (non-hydrogen) atoms. The van der Waals surface area contributed by atoms with Gasteiger partial charge in [-0.05, 0) is 118 Å². The van der Waals surface area contributed by atoms with E-state index in [1.165, 1.54) is 0 Å². The number of carbonyl (C=O) groups excluding carboxylic acids is 1. The van der Waals surface area contributed by atoms with Crippen molar-refractivity contribution in [1.29, 1.82) is 0 Å². The zero-order chi connectivity index (χ0) is 30.8. The lowest BCUT2D eigenvalue weighted by atomic mass is 9.41. The number of alkyl halides is 1. The molecule has 1 amide bonds. The minimum absolute atomic E-state index is 0.0353. The van der Waals surface area contributed by atoms with Crippen LogP contribution >= 0.6 is 0 Å². The first kappa shape index (κ1) is 29.3. The third-order valence-electron chi connectivity index (χ3n) is 11.0. The van der Waals surface area contributed by atoms with Crippen LogP contribution in [0.4, 0.5) is 21.5 Å². The molecule has 1 N–H and O–H groups in total. The maximum atomic E-state index is 14.4. The second-order valence-corrected chi connectivity index (χ2v) is 15.4. The molecule has 0 radical (unpaired) electrons. The van der Waals surface area contributed by atoms with Gasteiger partial charge in [0, 0.05) is 40.9 Å². The van der Waals surface area contributed by atoms with Crippen LogP contribution < -0.4 is 15.0 Å². The van der Waals surface area contributed by atoms with Gasteiger partial charge in [-0.15, -0.1) is 0 Å². The molecule has 234 valence electrons. The summed E-state index contributed by atoms with van der Waals surface area (Å²) in [5.74, 6) is 2.52. The lowest BCUT2D eigenvalue weighted by Gasteiger charge is -2.66. The highest BCUT2D eigenvalue weighted by atomic mass is 19.1. The number of benzene rings is 2. The summed E-state index contributed by atoms with van der Waals surface area (Å²) in [4.78, 5) is 21.0. The summed E-state index contributed by atoms with van der Waals surface area (Å²) in [6.45, 7) is 9.59. The number of amides is 1. The van der Waals surface area contributed by atoms with Crippen LogP contribution in [0.3, 0.4) is 0 Å². The molecule has 7 nitrogen and oxygen atoms in total. The monoisotopic (exact) mass is 600 g/mol. The highest BCUT2D eigenvalue weighted by Gasteiger charge is 2.69. The number of carbonyl (C=O) groups is 1. The van der Waals surface area contributed by atoms with Crippen molar-refractivity contribution >= 4 is 23.0 Å². The Morgan fingerprint density at radius 3 is 2.25 bits per heavy atom. The van der Waals surface area contributed by atoms with Crippen molar-refractivity contribution in [3.8, 4) is 5.75 Å². The van der Waals surface area contributed by atoms with Gasteiger partial charge in [-0.2, -0.15) is 4.98 Å². The minimum atomic E-state index is -1.01. The first-order valence-electron chi connectivity index (χ1n) is 16.4. The van der Waals surface area contributed by atoms with Gasteiger partial charge in [0.1, 0.15) is 11.4 Å². The number of rotatable bonds is 10. The van der Waals surface area contributed by atoms with Gasteiger partial charge in [0.15, 0.2) is 5.82 Å². The lowest BCUT2D eigenvalue weighted by Crippen LogP contribution is -2.65. The van der Waals surface area contributed by atoms with Crippen molar-refractivity contribution in [1.82, 2.24) is 10.1 Å². The Morgan fingerprint density at radius 2 is 1.66 bits per heavy atom. The molecule has 3 aromatic rings. The first-order valence-corrected chi connectivity index (χ1v) is 16.4. The van der Waals surface area contributed by atoms with Crippen LogP contribution in [0.2, 0.25) is 0 Å². The summed E-state index contributed by atoms with van der Waals surface area (Å²) in [5.41, 5.74) is 1.47. The van der Waals surface area contributed by atoms with Gasteiger partial charge in [-0.3, -0.25) is 4.79 Å². The molecule has 6 saturated carbocycles. The SMILES string of the molecule is CCOc1ccc(Nc2cccc(N(CC34CCC(c5noc(C(C)(C)C)n5)(CC3)CC4)C(=O)CC34CC(F)(C3)C4)c2)cc1. The Balaban J connectivity index is 1.10. The topological polar surface area (TPSA) is 80.5 Å². The molecule has 0 saturated heterocycles. The normalized spacial score (nSPS) is 30.3. The van der Waals surface area contributed by atoms with E-state index >= 15 is 0 Å². The van der Waals surface area contributed by atoms with Crippen LogP contribution in [0.1, 0.15) is 104 Å². The van der Waals surface area contributed by atoms with E-state index in [2.05, 4.69) is 37.3 Å². The Labute approximate surface area is 259 Å². The molecule has 9 rings (SSSR count). The van der Waals surface area contributed by atoms with Crippen LogP contribution in [0.25, 0.3) is 0 Å². The van der Waals surface area contributed by atoms with Crippen molar-refractivity contribution in [2.75, 3.05) is 23.4 Å². The first-order chi connectivity index (χ1) is 20.9. The Hall–Kier alpha value is -3.42. The fraction of sp³-hybridized carbons (Fsp3) is 0.583. The third-order valence-corrected chi connectivity index (χ3v) is 11.0. The molecule has 6 aliphatic rings. The highest BCUT2D eigenvalue weighted by Crippen LogP contribution is 2.71. The van der Waals surface area contributed by atoms with Gasteiger partial charge in [-0.1, -0.05) is 32.0 Å². The van der Waals surface area contributed by atoms with Crippen molar-refractivity contribution in [3.05, 3.63) is 60.2 Å². The maximum Gasteiger partial charge on any atom is 0.232 e. The molecule has 0 unspecified atom stereocenters. The molecule has 6 aliphatic carbocycles. The van der Waals surface area contributed by atoms with Gasteiger partial charge in [0.2, 0.25) is 11.8 Å². The number of ether oxygens (including phenoxy) is 1. The van der Waals surface area contributed by atoms with E-state index in [0.29, 0.717) is 44.7 Å². The fourth-order valence-corrected chi connectivity index (χ4v) is 8.42. The number of halogens is 1. The Morgan fingerprint density at radius 1 is 0.977 bits per heavy atom. The summed E-state index contributed by atoms with van der Waals surface area (Å²) in [7, 11) is 0. The third kappa shape index (κ3) is 5.28. The van der Waals surface area contributed by atoms with E-state index < -0.39 is 5.67 Å². The predicted octanol–water partition coefficient (Wildman–Crippen LogP) is 8.42. The molecule has 1 heterocycles. The van der Waals surface area contributed by atoms with E-state index in [-0.39, 0.29) is 27.6 Å². The zero-order valence-electron chi connectivity index (χ0n) is 26.5. The maximum absolute atomic E-state index is 14.4. The molecule has 4 bridgehead atoms. The minimum Gasteiger partial charge on any atom is -0.494 e. The van der Waals surface area contributed by atoms with E-state index in [9.17, 15) is 9.18 Å². The molecular weight excluding hydrogens is 555 g/mol. The number of fused-ring (bicyclic) bond motifs is 3. The molecule has 2 aromatic carbocycles. The Kier molecular flexibility index (Phi) is 6.87. The average Bonchev–Trinajstić information content (AvgIpc) is 3.49. The smallest absolute Gasteiger partial charge is 0.232 e. The molecule has 6 fully saturated rings. The second-order valence-electron chi connectivity index (χ2n) is 15.4. The van der Waals surface area contributed by atoms with Crippen molar-refractivity contribution in [2.24, 2.45) is 10.8 Å². The van der Waals surface area contributed by atoms with Crippen molar-refractivity contribution in [2.45, 2.75) is 108 Å². The van der Waals surface area contributed by atoms with E-state index in [4.69, 9.17) is 14.2 Å². The summed E-state index contributed by atoms with van der Waals surface area (Å²) < 4.78 is 25.7. The fourth-order valence-electron chi connectivity index (χ4n) is 8.42. The summed E-state index contributed by atoms with van der Waals surface area (Å²) in [6.07, 6.45) is 8.13. The van der Waals surface area contributed by atoms with Gasteiger partial charge in [-0.25, -0.2) is 4.39 Å². The Bertz CT molecular complexity index is 1500. The standard InChI is InChI=1S/C36H45FN4O3/c1-5-43-28-11-9-25(10-12-28)38-26-7-6-8-27(19-26)41(29(42)20-34-21-36(37,22-34)23-34)24-33-13-16-35(17-14-33,18-15-33)30-39-31(44-40-30)32(2,3)4/h6-12,19,38H,5,13-18,20-24H2,1-4H3. The van der Waals surface area contributed by atoms with E-state index in [0.717, 1.165) is 67.2 Å². The highest BCUT2D eigenvalue weighted by molar-refractivity contribution is 5.95. The molecule has 0 atom stereocenters. The van der Waals surface area contributed by atoms with Gasteiger partial charge in [0.05, 0.1) is 6.61 Å². The number of anilines is 3. The van der Waals surface area contributed by atoms with Crippen LogP contribution in [-0.4, -0.2) is 34.9 Å². The molecule has 8 heteroatoms. The number of nitrogens with one attached hydrogen (secondary N) is 1. The summed E-state index contributed by atoms with van der Waals surface area (Å²) in [5, 5.41) is 7.96. The summed E-state index contributed by atoms with van der Waals surface area (Å²) in [6, 6.07) is 16.1. The average molecular weight is 601 g/mol. The largest absolute Gasteiger partial charge is 0.494 e. The predicted molar refractivity (Wildman–Crippen MR) is 169 cm³/mol. The number of nitrogens with zero attached hydrogens (tertiary/aromatic N) is 3. The molecule has 0 aliphatic heterocycles. The molecular formula is C36H45FN4O3. The van der Waals surface area contributed by atoms with Crippen LogP contribution in [0, 0.1) is 10.8 Å². The van der Waals surface area contributed by atoms with Crippen LogP contribution in [0.5, 0.6) is 5.75 Å². The van der Waals surface area contributed by atoms with E-state index in [1.807, 2.05) is 54.3 Å². The second kappa shape index (κ2) is 10.3. The quantitative estimate of drug-likeness (QED) is 0.252. The van der Waals surface area contributed by atoms with Crippen molar-refractivity contribution < 1.29 is 18.4 Å². The van der Waals surface area contributed by atoms with Gasteiger partial charge in [0.25, 0.3) is 0 Å². The number of hydrogen-bond donors (Lipinski definition) is 1. The van der Waals surface area contributed by atoms with E-state index in [1.54, 1.807) is 0 Å². The number of hydrogen-bond acceptors (Lipinski definition) is 6. The van der Waals surface area contributed by atoms with Gasteiger partial charge < -0.3 is 19.5 Å². The summed E-state index contributed by atoms with van der Waals surface area (Å²) >= 11 is 0. The number of aromatic nitrogens is 2. The van der Waals surface area contributed by atoms with Crippen molar-refractivity contribution in [3.63, 3.8) is 0 Å². The van der Waals surface area contributed by atoms with Crippen LogP contribution in [0.15, 0.2) is 53.1 Å². The van der Waals surface area contributed by atoms with Crippen LogP contribution in [-0.2, 0) is 15.6 Å². The molecule has 0 spiro atoms. The lowest BCUT2D eigenvalue weighted by molar-refractivity contribution is -0.215.